The number of benzene rings is 2. The Labute approximate surface area is 143 Å². The van der Waals surface area contributed by atoms with Gasteiger partial charge in [0.2, 0.25) is 5.91 Å². The van der Waals surface area contributed by atoms with Gasteiger partial charge in [-0.1, -0.05) is 42.0 Å². The molecule has 4 heteroatoms. The van der Waals surface area contributed by atoms with E-state index < -0.39 is 0 Å². The Morgan fingerprint density at radius 3 is 2.42 bits per heavy atom. The van der Waals surface area contributed by atoms with Gasteiger partial charge < -0.3 is 10.6 Å². The second-order valence-corrected chi connectivity index (χ2v) is 6.15. The van der Waals surface area contributed by atoms with E-state index in [-0.39, 0.29) is 24.3 Å². The monoisotopic (exact) mass is 324 g/mol. The quantitative estimate of drug-likeness (QED) is 0.858. The number of carbonyl (C=O) groups excluding carboxylic acids is 2. The molecule has 1 atom stereocenters. The van der Waals surface area contributed by atoms with Crippen LogP contribution in [0.4, 0.5) is 0 Å². The molecule has 24 heavy (non-hydrogen) atoms. The van der Waals surface area contributed by atoms with E-state index in [2.05, 4.69) is 16.7 Å². The lowest BCUT2D eigenvalue weighted by Gasteiger charge is -2.14. The molecule has 126 valence electrons. The second kappa shape index (κ2) is 8.29. The molecular weight excluding hydrogens is 300 g/mol. The predicted octanol–water partition coefficient (Wildman–Crippen LogP) is 3.13. The van der Waals surface area contributed by atoms with Gasteiger partial charge in [-0.3, -0.25) is 9.59 Å². The molecule has 0 fully saturated rings. The maximum absolute atomic E-state index is 12.1. The van der Waals surface area contributed by atoms with Crippen LogP contribution in [-0.2, 0) is 11.3 Å². The number of aryl methyl sites for hydroxylation is 2. The minimum absolute atomic E-state index is 0.0733. The summed E-state index contributed by atoms with van der Waals surface area (Å²) in [5, 5.41) is 5.76. The van der Waals surface area contributed by atoms with Gasteiger partial charge in [0.1, 0.15) is 0 Å². The Morgan fingerprint density at radius 1 is 1.04 bits per heavy atom. The van der Waals surface area contributed by atoms with Crippen LogP contribution in [0.2, 0.25) is 0 Å². The van der Waals surface area contributed by atoms with Crippen LogP contribution in [0.15, 0.2) is 48.5 Å². The summed E-state index contributed by atoms with van der Waals surface area (Å²) in [6, 6.07) is 14.9. The lowest BCUT2D eigenvalue weighted by atomic mass is 10.1. The summed E-state index contributed by atoms with van der Waals surface area (Å²) in [5.74, 6) is -0.235. The molecule has 2 N–H and O–H groups in total. The second-order valence-electron chi connectivity index (χ2n) is 6.15. The fourth-order valence-electron chi connectivity index (χ4n) is 2.54. The van der Waals surface area contributed by atoms with E-state index in [0.717, 1.165) is 5.56 Å². The average molecular weight is 324 g/mol. The highest BCUT2D eigenvalue weighted by molar-refractivity contribution is 5.94. The molecule has 0 aromatic heterocycles. The zero-order chi connectivity index (χ0) is 17.5. The maximum atomic E-state index is 12.1. The molecule has 0 aliphatic rings. The molecule has 1 unspecified atom stereocenters. The SMILES string of the molecule is Cc1ccc(CNC(=O)CC(C)NC(=O)c2ccccc2)c(C)c1. The van der Waals surface area contributed by atoms with E-state index in [1.54, 1.807) is 12.1 Å². The molecule has 0 heterocycles. The van der Waals surface area contributed by atoms with E-state index in [1.165, 1.54) is 11.1 Å². The van der Waals surface area contributed by atoms with Crippen LogP contribution in [0.25, 0.3) is 0 Å². The van der Waals surface area contributed by atoms with Crippen molar-refractivity contribution in [3.05, 3.63) is 70.8 Å². The van der Waals surface area contributed by atoms with Crippen molar-refractivity contribution < 1.29 is 9.59 Å². The highest BCUT2D eigenvalue weighted by Crippen LogP contribution is 2.10. The molecular formula is C20H24N2O2. The van der Waals surface area contributed by atoms with Crippen LogP contribution < -0.4 is 10.6 Å². The molecule has 2 rings (SSSR count). The van der Waals surface area contributed by atoms with E-state index >= 15 is 0 Å². The van der Waals surface area contributed by atoms with Crippen molar-refractivity contribution in [1.29, 1.82) is 0 Å². The summed E-state index contributed by atoms with van der Waals surface area (Å²) in [4.78, 5) is 24.1. The number of amides is 2. The molecule has 2 amide bonds. The minimum atomic E-state index is -0.225. The summed E-state index contributed by atoms with van der Waals surface area (Å²) in [5.41, 5.74) is 4.08. The molecule has 2 aromatic carbocycles. The summed E-state index contributed by atoms with van der Waals surface area (Å²) < 4.78 is 0. The molecule has 0 saturated carbocycles. The topological polar surface area (TPSA) is 58.2 Å². The smallest absolute Gasteiger partial charge is 0.251 e. The summed E-state index contributed by atoms with van der Waals surface area (Å²) in [7, 11) is 0. The molecule has 0 spiro atoms. The van der Waals surface area contributed by atoms with Gasteiger partial charge in [-0.2, -0.15) is 0 Å². The Hall–Kier alpha value is -2.62. The standard InChI is InChI=1S/C20H24N2O2/c1-14-9-10-18(15(2)11-14)13-21-19(23)12-16(3)22-20(24)17-7-5-4-6-8-17/h4-11,16H,12-13H2,1-3H3,(H,21,23)(H,22,24). The molecule has 2 aromatic rings. The van der Waals surface area contributed by atoms with Crippen molar-refractivity contribution in [3.63, 3.8) is 0 Å². The van der Waals surface area contributed by atoms with Crippen molar-refractivity contribution in [3.8, 4) is 0 Å². The number of carbonyl (C=O) groups is 2. The van der Waals surface area contributed by atoms with Gasteiger partial charge in [-0.25, -0.2) is 0 Å². The van der Waals surface area contributed by atoms with Crippen LogP contribution in [0.5, 0.6) is 0 Å². The summed E-state index contributed by atoms with van der Waals surface area (Å²) in [6.45, 7) is 6.42. The normalized spacial score (nSPS) is 11.6. The van der Waals surface area contributed by atoms with Gasteiger partial charge in [-0.05, 0) is 44.0 Å². The third kappa shape index (κ3) is 5.23. The van der Waals surface area contributed by atoms with Crippen molar-refractivity contribution in [2.75, 3.05) is 0 Å². The largest absolute Gasteiger partial charge is 0.352 e. The van der Waals surface area contributed by atoms with Gasteiger partial charge in [0, 0.05) is 24.6 Å². The van der Waals surface area contributed by atoms with Gasteiger partial charge in [0.25, 0.3) is 5.91 Å². The lowest BCUT2D eigenvalue weighted by Crippen LogP contribution is -2.37. The van der Waals surface area contributed by atoms with Crippen LogP contribution >= 0.6 is 0 Å². The molecule has 0 bridgehead atoms. The third-order valence-electron chi connectivity index (χ3n) is 3.88. The van der Waals surface area contributed by atoms with Gasteiger partial charge in [0.05, 0.1) is 0 Å². The van der Waals surface area contributed by atoms with Crippen LogP contribution in [0.1, 0.15) is 40.4 Å². The Bertz CT molecular complexity index is 711. The zero-order valence-electron chi connectivity index (χ0n) is 14.4. The first-order chi connectivity index (χ1) is 11.5. The van der Waals surface area contributed by atoms with Crippen LogP contribution in [0, 0.1) is 13.8 Å². The van der Waals surface area contributed by atoms with Crippen molar-refractivity contribution in [2.45, 2.75) is 39.8 Å². The maximum Gasteiger partial charge on any atom is 0.251 e. The first-order valence-corrected chi connectivity index (χ1v) is 8.14. The third-order valence-corrected chi connectivity index (χ3v) is 3.88. The predicted molar refractivity (Wildman–Crippen MR) is 95.7 cm³/mol. The van der Waals surface area contributed by atoms with Crippen LogP contribution in [0.3, 0.4) is 0 Å². The Balaban J connectivity index is 1.80. The van der Waals surface area contributed by atoms with Gasteiger partial charge >= 0.3 is 0 Å². The lowest BCUT2D eigenvalue weighted by molar-refractivity contribution is -0.121. The minimum Gasteiger partial charge on any atom is -0.352 e. The van der Waals surface area contributed by atoms with Crippen LogP contribution in [-0.4, -0.2) is 17.9 Å². The highest BCUT2D eigenvalue weighted by atomic mass is 16.2. The van der Waals surface area contributed by atoms with Gasteiger partial charge in [-0.15, -0.1) is 0 Å². The van der Waals surface area contributed by atoms with E-state index in [1.807, 2.05) is 51.1 Å². The fraction of sp³-hybridized carbons (Fsp3) is 0.300. The molecule has 0 aliphatic carbocycles. The van der Waals surface area contributed by atoms with Crippen molar-refractivity contribution in [2.24, 2.45) is 0 Å². The zero-order valence-corrected chi connectivity index (χ0v) is 14.4. The van der Waals surface area contributed by atoms with Crippen molar-refractivity contribution in [1.82, 2.24) is 10.6 Å². The number of rotatable bonds is 6. The van der Waals surface area contributed by atoms with Gasteiger partial charge in [0.15, 0.2) is 0 Å². The molecule has 4 nitrogen and oxygen atoms in total. The fourth-order valence-corrected chi connectivity index (χ4v) is 2.54. The van der Waals surface area contributed by atoms with E-state index in [0.29, 0.717) is 12.1 Å². The number of nitrogens with one attached hydrogen (secondary N) is 2. The summed E-state index contributed by atoms with van der Waals surface area (Å²) >= 11 is 0. The Kier molecular flexibility index (Phi) is 6.13. The van der Waals surface area contributed by atoms with E-state index in [4.69, 9.17) is 0 Å². The van der Waals surface area contributed by atoms with Crippen molar-refractivity contribution >= 4 is 11.8 Å². The highest BCUT2D eigenvalue weighted by Gasteiger charge is 2.13. The first kappa shape index (κ1) is 17.7. The first-order valence-electron chi connectivity index (χ1n) is 8.14. The molecule has 0 saturated heterocycles. The summed E-state index contributed by atoms with van der Waals surface area (Å²) in [6.07, 6.45) is 0.253. The number of hydrogen-bond donors (Lipinski definition) is 2. The average Bonchev–Trinajstić information content (AvgIpc) is 2.54. The van der Waals surface area contributed by atoms with E-state index in [9.17, 15) is 9.59 Å². The molecule has 0 aliphatic heterocycles. The molecule has 0 radical (unpaired) electrons. The number of hydrogen-bond acceptors (Lipinski definition) is 2. The Morgan fingerprint density at radius 2 is 1.75 bits per heavy atom.